The molecule has 0 radical (unpaired) electrons. The summed E-state index contributed by atoms with van der Waals surface area (Å²) in [6.07, 6.45) is 0. The van der Waals surface area contributed by atoms with Crippen molar-refractivity contribution in [3.63, 3.8) is 0 Å². The Morgan fingerprint density at radius 3 is 2.41 bits per heavy atom. The van der Waals surface area contributed by atoms with E-state index in [1.807, 2.05) is 19.1 Å². The molecule has 1 aromatic carbocycles. The van der Waals surface area contributed by atoms with Gasteiger partial charge in [0.05, 0.1) is 20.0 Å². The number of thiol groups is 1. The number of hydrogen-bond donors (Lipinski definition) is 2. The van der Waals surface area contributed by atoms with Gasteiger partial charge < -0.3 is 14.8 Å². The van der Waals surface area contributed by atoms with Crippen LogP contribution >= 0.6 is 12.6 Å². The van der Waals surface area contributed by atoms with Crippen molar-refractivity contribution in [2.24, 2.45) is 0 Å². The highest BCUT2D eigenvalue weighted by Crippen LogP contribution is 2.30. The molecule has 0 aliphatic rings. The molecule has 0 atom stereocenters. The van der Waals surface area contributed by atoms with Crippen LogP contribution < -0.4 is 14.8 Å². The molecule has 0 aliphatic carbocycles. The molecule has 0 spiro atoms. The van der Waals surface area contributed by atoms with Crippen molar-refractivity contribution in [1.82, 2.24) is 5.32 Å². The highest BCUT2D eigenvalue weighted by atomic mass is 32.1. The first-order valence-electron chi connectivity index (χ1n) is 5.21. The first-order chi connectivity index (χ1) is 8.12. The zero-order valence-corrected chi connectivity index (χ0v) is 11.1. The van der Waals surface area contributed by atoms with Gasteiger partial charge in [0.15, 0.2) is 11.5 Å². The third-order valence-electron chi connectivity index (χ3n) is 2.46. The number of hydrogen-bond acceptors (Lipinski definition) is 4. The van der Waals surface area contributed by atoms with Crippen LogP contribution in [0.1, 0.15) is 11.1 Å². The molecule has 0 fully saturated rings. The van der Waals surface area contributed by atoms with Crippen LogP contribution in [0.4, 0.5) is 0 Å². The number of ether oxygens (including phenoxy) is 2. The van der Waals surface area contributed by atoms with Crippen LogP contribution in [0.2, 0.25) is 0 Å². The largest absolute Gasteiger partial charge is 0.493 e. The molecule has 17 heavy (non-hydrogen) atoms. The van der Waals surface area contributed by atoms with Crippen LogP contribution in [-0.2, 0) is 11.3 Å². The van der Waals surface area contributed by atoms with Gasteiger partial charge in [-0.05, 0) is 30.2 Å². The highest BCUT2D eigenvalue weighted by Gasteiger charge is 2.09. The zero-order chi connectivity index (χ0) is 12.8. The van der Waals surface area contributed by atoms with E-state index in [0.717, 1.165) is 11.1 Å². The predicted molar refractivity (Wildman–Crippen MR) is 70.0 cm³/mol. The SMILES string of the molecule is COc1cc(C)c(CNC(=O)CS)cc1OC. The third-order valence-corrected chi connectivity index (χ3v) is 2.75. The molecule has 1 rings (SSSR count). The molecule has 0 bridgehead atoms. The molecule has 1 aromatic rings. The fraction of sp³-hybridized carbons (Fsp3) is 0.417. The first kappa shape index (κ1) is 13.7. The van der Waals surface area contributed by atoms with Gasteiger partial charge in [-0.3, -0.25) is 4.79 Å². The molecular weight excluding hydrogens is 238 g/mol. The van der Waals surface area contributed by atoms with Crippen molar-refractivity contribution in [3.05, 3.63) is 23.3 Å². The van der Waals surface area contributed by atoms with Crippen molar-refractivity contribution in [2.75, 3.05) is 20.0 Å². The molecule has 0 saturated carbocycles. The van der Waals surface area contributed by atoms with E-state index in [1.165, 1.54) is 0 Å². The lowest BCUT2D eigenvalue weighted by Crippen LogP contribution is -2.24. The lowest BCUT2D eigenvalue weighted by molar-refractivity contribution is -0.118. The Morgan fingerprint density at radius 1 is 1.29 bits per heavy atom. The Hall–Kier alpha value is -1.36. The molecule has 94 valence electrons. The molecule has 0 heterocycles. The summed E-state index contributed by atoms with van der Waals surface area (Å²) >= 11 is 3.90. The van der Waals surface area contributed by atoms with E-state index in [9.17, 15) is 4.79 Å². The minimum Gasteiger partial charge on any atom is -0.493 e. The van der Waals surface area contributed by atoms with Crippen LogP contribution in [0.25, 0.3) is 0 Å². The second-order valence-electron chi connectivity index (χ2n) is 3.57. The summed E-state index contributed by atoms with van der Waals surface area (Å²) in [6.45, 7) is 2.43. The van der Waals surface area contributed by atoms with Crippen LogP contribution in [-0.4, -0.2) is 25.9 Å². The minimum absolute atomic E-state index is 0.0949. The van der Waals surface area contributed by atoms with Gasteiger partial charge in [-0.2, -0.15) is 12.6 Å². The van der Waals surface area contributed by atoms with Gasteiger partial charge in [-0.1, -0.05) is 0 Å². The van der Waals surface area contributed by atoms with Crippen molar-refractivity contribution in [2.45, 2.75) is 13.5 Å². The normalized spacial score (nSPS) is 9.88. The average molecular weight is 255 g/mol. The summed E-state index contributed by atoms with van der Waals surface area (Å²) < 4.78 is 10.4. The number of amides is 1. The van der Waals surface area contributed by atoms with E-state index in [1.54, 1.807) is 14.2 Å². The maximum Gasteiger partial charge on any atom is 0.229 e. The Balaban J connectivity index is 2.89. The number of carbonyl (C=O) groups excluding carboxylic acids is 1. The molecule has 0 aromatic heterocycles. The van der Waals surface area contributed by atoms with Gasteiger partial charge >= 0.3 is 0 Å². The Labute approximate surface area is 107 Å². The number of methoxy groups -OCH3 is 2. The maximum absolute atomic E-state index is 11.1. The number of carbonyl (C=O) groups is 1. The third kappa shape index (κ3) is 3.56. The maximum atomic E-state index is 11.1. The highest BCUT2D eigenvalue weighted by molar-refractivity contribution is 7.81. The Bertz CT molecular complexity index is 407. The van der Waals surface area contributed by atoms with Gasteiger partial charge in [0.1, 0.15) is 0 Å². The van der Waals surface area contributed by atoms with Crippen LogP contribution in [0, 0.1) is 6.92 Å². The van der Waals surface area contributed by atoms with E-state index >= 15 is 0 Å². The molecular formula is C12H17NO3S. The second-order valence-corrected chi connectivity index (χ2v) is 3.88. The smallest absolute Gasteiger partial charge is 0.229 e. The topological polar surface area (TPSA) is 47.6 Å². The quantitative estimate of drug-likeness (QED) is 0.785. The van der Waals surface area contributed by atoms with E-state index in [2.05, 4.69) is 17.9 Å². The summed E-state index contributed by atoms with van der Waals surface area (Å²) in [7, 11) is 3.18. The molecule has 5 heteroatoms. The second kappa shape index (κ2) is 6.39. The molecule has 0 saturated heterocycles. The van der Waals surface area contributed by atoms with Gasteiger partial charge in [0, 0.05) is 6.54 Å². The summed E-state index contributed by atoms with van der Waals surface area (Å²) in [5.74, 6) is 1.44. The van der Waals surface area contributed by atoms with Gasteiger partial charge in [0.25, 0.3) is 0 Å². The fourth-order valence-electron chi connectivity index (χ4n) is 1.46. The molecule has 1 amide bonds. The average Bonchev–Trinajstić information content (AvgIpc) is 2.36. The molecule has 4 nitrogen and oxygen atoms in total. The summed E-state index contributed by atoms with van der Waals surface area (Å²) in [6, 6.07) is 3.76. The van der Waals surface area contributed by atoms with E-state index < -0.39 is 0 Å². The monoisotopic (exact) mass is 255 g/mol. The minimum atomic E-state index is -0.0949. The standard InChI is InChI=1S/C12H17NO3S/c1-8-4-10(15-2)11(16-3)5-9(8)6-13-12(14)7-17/h4-5,17H,6-7H2,1-3H3,(H,13,14). The number of aryl methyl sites for hydroxylation is 1. The number of nitrogens with one attached hydrogen (secondary N) is 1. The summed E-state index contributed by atoms with van der Waals surface area (Å²) in [5, 5.41) is 2.77. The van der Waals surface area contributed by atoms with Gasteiger partial charge in [-0.25, -0.2) is 0 Å². The molecule has 1 N–H and O–H groups in total. The number of rotatable bonds is 5. The lowest BCUT2D eigenvalue weighted by Gasteiger charge is -2.13. The predicted octanol–water partition coefficient (Wildman–Crippen LogP) is 1.56. The summed E-state index contributed by atoms with van der Waals surface area (Å²) in [5.41, 5.74) is 2.04. The van der Waals surface area contributed by atoms with Crippen molar-refractivity contribution in [3.8, 4) is 11.5 Å². The van der Waals surface area contributed by atoms with E-state index in [4.69, 9.17) is 9.47 Å². The Morgan fingerprint density at radius 2 is 1.88 bits per heavy atom. The van der Waals surface area contributed by atoms with E-state index in [0.29, 0.717) is 18.0 Å². The van der Waals surface area contributed by atoms with Crippen molar-refractivity contribution < 1.29 is 14.3 Å². The van der Waals surface area contributed by atoms with Crippen LogP contribution in [0.5, 0.6) is 11.5 Å². The summed E-state index contributed by atoms with van der Waals surface area (Å²) in [4.78, 5) is 11.1. The van der Waals surface area contributed by atoms with Crippen LogP contribution in [0.3, 0.4) is 0 Å². The van der Waals surface area contributed by atoms with E-state index in [-0.39, 0.29) is 11.7 Å². The van der Waals surface area contributed by atoms with Crippen molar-refractivity contribution in [1.29, 1.82) is 0 Å². The molecule has 0 aliphatic heterocycles. The zero-order valence-electron chi connectivity index (χ0n) is 10.2. The van der Waals surface area contributed by atoms with Gasteiger partial charge in [-0.15, -0.1) is 0 Å². The molecule has 0 unspecified atom stereocenters. The van der Waals surface area contributed by atoms with Crippen LogP contribution in [0.15, 0.2) is 12.1 Å². The Kier molecular flexibility index (Phi) is 5.15. The number of benzene rings is 1. The van der Waals surface area contributed by atoms with Gasteiger partial charge in [0.2, 0.25) is 5.91 Å². The van der Waals surface area contributed by atoms with Crippen molar-refractivity contribution >= 4 is 18.5 Å². The fourth-order valence-corrected chi connectivity index (χ4v) is 1.57. The lowest BCUT2D eigenvalue weighted by atomic mass is 10.1. The first-order valence-corrected chi connectivity index (χ1v) is 5.84.